The molecule has 3 amide bonds. The first kappa shape index (κ1) is 21.5. The van der Waals surface area contributed by atoms with Gasteiger partial charge in [0, 0.05) is 6.20 Å². The van der Waals surface area contributed by atoms with Gasteiger partial charge in [0.1, 0.15) is 6.04 Å². The molecule has 0 radical (unpaired) electrons. The number of rotatable bonds is 5. The monoisotopic (exact) mass is 441 g/mol. The Hall–Kier alpha value is -2.19. The molecule has 2 heterocycles. The van der Waals surface area contributed by atoms with Gasteiger partial charge < -0.3 is 10.1 Å². The highest BCUT2D eigenvalue weighted by Gasteiger charge is 2.51. The van der Waals surface area contributed by atoms with Crippen LogP contribution in [0.1, 0.15) is 38.2 Å². The SMILES string of the molecule is Cc1c(Cl)cnc(NC(=O)COC(=O)[C@@H](C)N2C(=O)C3CCCCC3C2=O)c1Cl. The van der Waals surface area contributed by atoms with Crippen LogP contribution in [0, 0.1) is 18.8 Å². The van der Waals surface area contributed by atoms with Crippen molar-refractivity contribution in [3.8, 4) is 0 Å². The fourth-order valence-corrected chi connectivity index (χ4v) is 4.13. The molecule has 1 aliphatic carbocycles. The molecule has 156 valence electrons. The maximum atomic E-state index is 12.6. The molecule has 8 nitrogen and oxygen atoms in total. The van der Waals surface area contributed by atoms with Gasteiger partial charge in [0.25, 0.3) is 5.91 Å². The fourth-order valence-electron chi connectivity index (χ4n) is 3.74. The number of hydrogen-bond donors (Lipinski definition) is 1. The minimum absolute atomic E-state index is 0.0941. The van der Waals surface area contributed by atoms with Gasteiger partial charge in [0.15, 0.2) is 12.4 Å². The molecule has 0 aromatic carbocycles. The molecule has 1 aromatic rings. The molecule has 2 fully saturated rings. The van der Waals surface area contributed by atoms with Crippen LogP contribution in [0.3, 0.4) is 0 Å². The minimum atomic E-state index is -1.09. The Bertz CT molecular complexity index is 852. The fraction of sp³-hybridized carbons (Fsp3) is 0.526. The summed E-state index contributed by atoms with van der Waals surface area (Å²) in [6.45, 7) is 2.49. The molecule has 2 unspecified atom stereocenters. The van der Waals surface area contributed by atoms with Crippen LogP contribution in [0.4, 0.5) is 5.82 Å². The van der Waals surface area contributed by atoms with E-state index in [9.17, 15) is 19.2 Å². The summed E-state index contributed by atoms with van der Waals surface area (Å²) in [6.07, 6.45) is 4.45. The Morgan fingerprint density at radius 3 is 2.41 bits per heavy atom. The van der Waals surface area contributed by atoms with Crippen LogP contribution in [0.25, 0.3) is 0 Å². The summed E-state index contributed by atoms with van der Waals surface area (Å²) in [5.41, 5.74) is 0.553. The van der Waals surface area contributed by atoms with E-state index in [1.807, 2.05) is 0 Å². The van der Waals surface area contributed by atoms with Gasteiger partial charge >= 0.3 is 5.97 Å². The third kappa shape index (κ3) is 4.23. The number of hydrogen-bond acceptors (Lipinski definition) is 6. The van der Waals surface area contributed by atoms with Crippen molar-refractivity contribution >= 4 is 52.7 Å². The van der Waals surface area contributed by atoms with E-state index < -0.39 is 24.5 Å². The van der Waals surface area contributed by atoms with E-state index in [1.165, 1.54) is 13.1 Å². The van der Waals surface area contributed by atoms with Crippen molar-refractivity contribution in [2.75, 3.05) is 11.9 Å². The smallest absolute Gasteiger partial charge is 0.329 e. The number of nitrogens with zero attached hydrogens (tertiary/aromatic N) is 2. The van der Waals surface area contributed by atoms with Gasteiger partial charge in [-0.2, -0.15) is 0 Å². The molecule has 0 bridgehead atoms. The van der Waals surface area contributed by atoms with E-state index in [-0.39, 0.29) is 34.5 Å². The second-order valence-corrected chi connectivity index (χ2v) is 8.05. The number of carbonyl (C=O) groups is 4. The third-order valence-electron chi connectivity index (χ3n) is 5.41. The summed E-state index contributed by atoms with van der Waals surface area (Å²) in [7, 11) is 0. The standard InChI is InChI=1S/C19H21Cl2N3O5/c1-9-13(20)7-22-16(15(9)21)23-14(25)8-29-19(28)10(2)24-17(26)11-5-3-4-6-12(11)18(24)27/h7,10-12H,3-6,8H2,1-2H3,(H,22,23,25)/t10-,11?,12?/m1/s1. The van der Waals surface area contributed by atoms with E-state index in [0.717, 1.165) is 17.7 Å². The summed E-state index contributed by atoms with van der Waals surface area (Å²) in [6, 6.07) is -1.09. The summed E-state index contributed by atoms with van der Waals surface area (Å²) in [5.74, 6) is -2.76. The summed E-state index contributed by atoms with van der Waals surface area (Å²) < 4.78 is 5.00. The van der Waals surface area contributed by atoms with Gasteiger partial charge in [-0.3, -0.25) is 19.3 Å². The molecule has 0 spiro atoms. The highest BCUT2D eigenvalue weighted by molar-refractivity contribution is 6.37. The number of pyridine rings is 1. The number of likely N-dealkylation sites (tertiary alicyclic amines) is 1. The van der Waals surface area contributed by atoms with Crippen molar-refractivity contribution in [1.82, 2.24) is 9.88 Å². The van der Waals surface area contributed by atoms with Crippen molar-refractivity contribution in [2.45, 2.75) is 45.6 Å². The van der Waals surface area contributed by atoms with E-state index >= 15 is 0 Å². The zero-order valence-corrected chi connectivity index (χ0v) is 17.5. The largest absolute Gasteiger partial charge is 0.454 e. The zero-order valence-electron chi connectivity index (χ0n) is 16.0. The quantitative estimate of drug-likeness (QED) is 0.556. The number of amides is 3. The lowest BCUT2D eigenvalue weighted by molar-refractivity contribution is -0.159. The van der Waals surface area contributed by atoms with Crippen molar-refractivity contribution in [1.29, 1.82) is 0 Å². The number of ether oxygens (including phenoxy) is 1. The molecule has 1 saturated carbocycles. The van der Waals surface area contributed by atoms with Crippen LogP contribution < -0.4 is 5.32 Å². The first-order chi connectivity index (χ1) is 13.7. The minimum Gasteiger partial charge on any atom is -0.454 e. The van der Waals surface area contributed by atoms with Crippen LogP contribution >= 0.6 is 23.2 Å². The zero-order chi connectivity index (χ0) is 21.3. The Morgan fingerprint density at radius 1 is 1.24 bits per heavy atom. The number of carbonyl (C=O) groups excluding carboxylic acids is 4. The molecule has 10 heteroatoms. The molecule has 1 aromatic heterocycles. The van der Waals surface area contributed by atoms with Gasteiger partial charge in [-0.25, -0.2) is 9.78 Å². The molecule has 1 aliphatic heterocycles. The van der Waals surface area contributed by atoms with Crippen LogP contribution in [-0.2, 0) is 23.9 Å². The van der Waals surface area contributed by atoms with Crippen molar-refractivity contribution in [2.24, 2.45) is 11.8 Å². The second kappa shape index (κ2) is 8.67. The molecule has 1 N–H and O–H groups in total. The second-order valence-electron chi connectivity index (χ2n) is 7.27. The number of anilines is 1. The lowest BCUT2D eigenvalue weighted by Crippen LogP contribution is -2.45. The molecular formula is C19H21Cl2N3O5. The molecule has 29 heavy (non-hydrogen) atoms. The number of nitrogens with one attached hydrogen (secondary N) is 1. The van der Waals surface area contributed by atoms with E-state index in [0.29, 0.717) is 23.4 Å². The predicted octanol–water partition coefficient (Wildman–Crippen LogP) is 2.74. The molecular weight excluding hydrogens is 421 g/mol. The van der Waals surface area contributed by atoms with Gasteiger partial charge in [-0.05, 0) is 32.3 Å². The first-order valence-electron chi connectivity index (χ1n) is 9.36. The normalized spacial score (nSPS) is 22.3. The topological polar surface area (TPSA) is 106 Å². The van der Waals surface area contributed by atoms with E-state index in [4.69, 9.17) is 27.9 Å². The summed E-state index contributed by atoms with van der Waals surface area (Å²) in [5, 5.41) is 2.97. The Labute approximate surface area is 177 Å². The predicted molar refractivity (Wildman–Crippen MR) is 105 cm³/mol. The maximum absolute atomic E-state index is 12.6. The molecule has 3 rings (SSSR count). The molecule has 1 saturated heterocycles. The Balaban J connectivity index is 1.57. The van der Waals surface area contributed by atoms with Gasteiger partial charge in [-0.15, -0.1) is 0 Å². The van der Waals surface area contributed by atoms with Crippen LogP contribution in [-0.4, -0.2) is 46.2 Å². The van der Waals surface area contributed by atoms with Crippen LogP contribution in [0.5, 0.6) is 0 Å². The lowest BCUT2D eigenvalue weighted by Gasteiger charge is -2.21. The van der Waals surface area contributed by atoms with Crippen molar-refractivity contribution in [3.05, 3.63) is 21.8 Å². The van der Waals surface area contributed by atoms with Gasteiger partial charge in [0.05, 0.1) is 21.9 Å². The molecule has 2 aliphatic rings. The number of halogens is 2. The number of esters is 1. The number of fused-ring (bicyclic) bond motifs is 1. The number of aromatic nitrogens is 1. The first-order valence-corrected chi connectivity index (χ1v) is 10.1. The van der Waals surface area contributed by atoms with Crippen LogP contribution in [0.2, 0.25) is 10.0 Å². The van der Waals surface area contributed by atoms with Gasteiger partial charge in [-0.1, -0.05) is 36.0 Å². The van der Waals surface area contributed by atoms with Crippen molar-refractivity contribution in [3.63, 3.8) is 0 Å². The van der Waals surface area contributed by atoms with E-state index in [1.54, 1.807) is 6.92 Å². The highest BCUT2D eigenvalue weighted by atomic mass is 35.5. The van der Waals surface area contributed by atoms with E-state index in [2.05, 4.69) is 10.3 Å². The Morgan fingerprint density at radius 2 is 1.83 bits per heavy atom. The van der Waals surface area contributed by atoms with Gasteiger partial charge in [0.2, 0.25) is 11.8 Å². The third-order valence-corrected chi connectivity index (χ3v) is 6.25. The maximum Gasteiger partial charge on any atom is 0.329 e. The van der Waals surface area contributed by atoms with Crippen LogP contribution in [0.15, 0.2) is 6.20 Å². The van der Waals surface area contributed by atoms with Crippen molar-refractivity contribution < 1.29 is 23.9 Å². The molecule has 3 atom stereocenters. The lowest BCUT2D eigenvalue weighted by atomic mass is 9.81. The summed E-state index contributed by atoms with van der Waals surface area (Å²) in [4.78, 5) is 54.4. The summed E-state index contributed by atoms with van der Waals surface area (Å²) >= 11 is 12.0. The highest BCUT2D eigenvalue weighted by Crippen LogP contribution is 2.39. The number of imide groups is 1. The Kier molecular flexibility index (Phi) is 6.43. The average Bonchev–Trinajstić information content (AvgIpc) is 2.96. The average molecular weight is 442 g/mol.